The van der Waals surface area contributed by atoms with Gasteiger partial charge < -0.3 is 10.3 Å². The number of rotatable bonds is 4. The molecule has 0 atom stereocenters. The molecule has 0 radical (unpaired) electrons. The Morgan fingerprint density at radius 3 is 2.72 bits per heavy atom. The number of para-hydroxylation sites is 2. The molecule has 4 heteroatoms. The molecule has 2 N–H and O–H groups in total. The van der Waals surface area contributed by atoms with Crippen molar-refractivity contribution >= 4 is 33.4 Å². The van der Waals surface area contributed by atoms with E-state index in [0.717, 1.165) is 33.4 Å². The molecule has 2 aromatic heterocycles. The number of anilines is 1. The lowest BCUT2D eigenvalue weighted by atomic mass is 10.1. The number of fused-ring (bicyclic) bond motifs is 3. The van der Waals surface area contributed by atoms with Gasteiger partial charge in [0.05, 0.1) is 11.7 Å². The average molecular weight is 329 g/mol. The van der Waals surface area contributed by atoms with Crippen LogP contribution in [-0.4, -0.2) is 15.9 Å². The highest BCUT2D eigenvalue weighted by Crippen LogP contribution is 2.25. The summed E-state index contributed by atoms with van der Waals surface area (Å²) in [6.45, 7) is 1.99. The Morgan fingerprint density at radius 2 is 1.84 bits per heavy atom. The van der Waals surface area contributed by atoms with Crippen LogP contribution in [-0.2, 0) is 11.2 Å². The Morgan fingerprint density at radius 1 is 1.04 bits per heavy atom. The Hall–Kier alpha value is -3.14. The third-order valence-corrected chi connectivity index (χ3v) is 4.47. The number of carbonyl (C=O) groups excluding carboxylic acids is 1. The maximum absolute atomic E-state index is 12.2. The molecule has 0 fully saturated rings. The van der Waals surface area contributed by atoms with E-state index < -0.39 is 0 Å². The molecule has 4 rings (SSSR count). The largest absolute Gasteiger partial charge is 0.353 e. The van der Waals surface area contributed by atoms with Crippen molar-refractivity contribution in [3.8, 4) is 0 Å². The van der Waals surface area contributed by atoms with Crippen molar-refractivity contribution in [1.29, 1.82) is 0 Å². The number of hydrogen-bond acceptors (Lipinski definition) is 2. The first-order valence-electron chi connectivity index (χ1n) is 8.41. The van der Waals surface area contributed by atoms with Gasteiger partial charge >= 0.3 is 0 Å². The van der Waals surface area contributed by atoms with Gasteiger partial charge in [0.1, 0.15) is 0 Å². The van der Waals surface area contributed by atoms with Gasteiger partial charge in [0.15, 0.2) is 0 Å². The zero-order valence-corrected chi connectivity index (χ0v) is 14.0. The lowest BCUT2D eigenvalue weighted by Gasteiger charge is -2.07. The lowest BCUT2D eigenvalue weighted by molar-refractivity contribution is -0.116. The van der Waals surface area contributed by atoms with Gasteiger partial charge in [-0.1, -0.05) is 36.4 Å². The highest BCUT2D eigenvalue weighted by molar-refractivity contribution is 6.07. The number of carbonyl (C=O) groups is 1. The van der Waals surface area contributed by atoms with Gasteiger partial charge in [0.2, 0.25) is 5.91 Å². The van der Waals surface area contributed by atoms with Gasteiger partial charge in [-0.15, -0.1) is 0 Å². The van der Waals surface area contributed by atoms with Crippen molar-refractivity contribution in [2.45, 2.75) is 19.8 Å². The Labute approximate surface area is 145 Å². The number of aromatic amines is 1. The topological polar surface area (TPSA) is 57.8 Å². The monoisotopic (exact) mass is 329 g/mol. The van der Waals surface area contributed by atoms with Crippen LogP contribution in [0.15, 0.2) is 60.8 Å². The predicted molar refractivity (Wildman–Crippen MR) is 102 cm³/mol. The second kappa shape index (κ2) is 6.40. The van der Waals surface area contributed by atoms with Gasteiger partial charge in [0, 0.05) is 34.1 Å². The van der Waals surface area contributed by atoms with E-state index in [-0.39, 0.29) is 5.91 Å². The normalized spacial score (nSPS) is 11.1. The molecular formula is C21H19N3O. The first-order valence-corrected chi connectivity index (χ1v) is 8.41. The molecule has 4 aromatic rings. The highest BCUT2D eigenvalue weighted by Gasteiger charge is 2.08. The number of benzene rings is 2. The van der Waals surface area contributed by atoms with Crippen LogP contribution in [0.3, 0.4) is 0 Å². The maximum atomic E-state index is 12.2. The van der Waals surface area contributed by atoms with E-state index in [1.54, 1.807) is 0 Å². The highest BCUT2D eigenvalue weighted by atomic mass is 16.1. The third-order valence-electron chi connectivity index (χ3n) is 4.47. The molecule has 0 spiro atoms. The molecule has 124 valence electrons. The van der Waals surface area contributed by atoms with Gasteiger partial charge in [-0.05, 0) is 37.1 Å². The molecule has 0 aliphatic carbocycles. The summed E-state index contributed by atoms with van der Waals surface area (Å²) in [6, 6.07) is 18.1. The SMILES string of the molecule is Cc1ccccc1NC(=O)CCc1cc2c(cn1)[nH]c1ccccc12. The Bertz CT molecular complexity index is 1070. The van der Waals surface area contributed by atoms with Crippen LogP contribution < -0.4 is 5.32 Å². The number of nitrogens with zero attached hydrogens (tertiary/aromatic N) is 1. The van der Waals surface area contributed by atoms with Crippen LogP contribution in [0.1, 0.15) is 17.7 Å². The van der Waals surface area contributed by atoms with E-state index in [1.165, 1.54) is 5.39 Å². The molecule has 2 heterocycles. The van der Waals surface area contributed by atoms with Crippen LogP contribution >= 0.6 is 0 Å². The number of nitrogens with one attached hydrogen (secondary N) is 2. The van der Waals surface area contributed by atoms with E-state index in [2.05, 4.69) is 33.5 Å². The zero-order valence-electron chi connectivity index (χ0n) is 14.0. The van der Waals surface area contributed by atoms with E-state index in [1.807, 2.05) is 49.5 Å². The number of H-pyrrole nitrogens is 1. The average Bonchev–Trinajstić information content (AvgIpc) is 3.00. The van der Waals surface area contributed by atoms with Crippen molar-refractivity contribution in [1.82, 2.24) is 9.97 Å². The van der Waals surface area contributed by atoms with Crippen molar-refractivity contribution in [2.24, 2.45) is 0 Å². The predicted octanol–water partition coefficient (Wildman–Crippen LogP) is 4.60. The molecule has 0 unspecified atom stereocenters. The molecule has 4 nitrogen and oxygen atoms in total. The smallest absolute Gasteiger partial charge is 0.224 e. The zero-order chi connectivity index (χ0) is 17.2. The van der Waals surface area contributed by atoms with Crippen molar-refractivity contribution in [3.05, 3.63) is 72.1 Å². The van der Waals surface area contributed by atoms with E-state index in [9.17, 15) is 4.79 Å². The summed E-state index contributed by atoms with van der Waals surface area (Å²) in [4.78, 5) is 20.1. The minimum atomic E-state index is 0.00937. The minimum Gasteiger partial charge on any atom is -0.353 e. The Kier molecular flexibility index (Phi) is 3.94. The first-order chi connectivity index (χ1) is 12.2. The van der Waals surface area contributed by atoms with Crippen LogP contribution in [0.25, 0.3) is 21.8 Å². The van der Waals surface area contributed by atoms with E-state index in [4.69, 9.17) is 0 Å². The molecular weight excluding hydrogens is 310 g/mol. The summed E-state index contributed by atoms with van der Waals surface area (Å²) < 4.78 is 0. The number of pyridine rings is 1. The van der Waals surface area contributed by atoms with Gasteiger partial charge in [0.25, 0.3) is 0 Å². The van der Waals surface area contributed by atoms with E-state index in [0.29, 0.717) is 12.8 Å². The number of aromatic nitrogens is 2. The third kappa shape index (κ3) is 3.11. The molecule has 25 heavy (non-hydrogen) atoms. The van der Waals surface area contributed by atoms with Gasteiger partial charge in [-0.25, -0.2) is 0 Å². The molecule has 1 amide bonds. The number of hydrogen-bond donors (Lipinski definition) is 2. The number of amides is 1. The molecule has 0 saturated carbocycles. The standard InChI is InChI=1S/C21H19N3O/c1-14-6-2-4-8-18(14)24-21(25)11-10-15-12-17-16-7-3-5-9-19(16)23-20(17)13-22-15/h2-9,12-13,23H,10-11H2,1H3,(H,24,25). The van der Waals surface area contributed by atoms with E-state index >= 15 is 0 Å². The maximum Gasteiger partial charge on any atom is 0.224 e. The van der Waals surface area contributed by atoms with Crippen LogP contribution in [0, 0.1) is 6.92 Å². The second-order valence-electron chi connectivity index (χ2n) is 6.25. The molecule has 0 saturated heterocycles. The fraction of sp³-hybridized carbons (Fsp3) is 0.143. The van der Waals surface area contributed by atoms with Crippen molar-refractivity contribution in [2.75, 3.05) is 5.32 Å². The summed E-state index contributed by atoms with van der Waals surface area (Å²) >= 11 is 0. The fourth-order valence-electron chi connectivity index (χ4n) is 3.10. The van der Waals surface area contributed by atoms with Crippen LogP contribution in [0.2, 0.25) is 0 Å². The van der Waals surface area contributed by atoms with Crippen molar-refractivity contribution < 1.29 is 4.79 Å². The summed E-state index contributed by atoms with van der Waals surface area (Å²) in [6.07, 6.45) is 2.88. The second-order valence-corrected chi connectivity index (χ2v) is 6.25. The van der Waals surface area contributed by atoms with Gasteiger partial charge in [-0.3, -0.25) is 9.78 Å². The summed E-state index contributed by atoms with van der Waals surface area (Å²) in [7, 11) is 0. The Balaban J connectivity index is 1.50. The molecule has 2 aromatic carbocycles. The molecule has 0 aliphatic heterocycles. The quantitative estimate of drug-likeness (QED) is 0.575. The summed E-state index contributed by atoms with van der Waals surface area (Å²) in [5.41, 5.74) is 4.99. The molecule has 0 aliphatic rings. The lowest BCUT2D eigenvalue weighted by Crippen LogP contribution is -2.13. The summed E-state index contributed by atoms with van der Waals surface area (Å²) in [5, 5.41) is 5.31. The number of aryl methyl sites for hydroxylation is 2. The fourth-order valence-corrected chi connectivity index (χ4v) is 3.10. The van der Waals surface area contributed by atoms with Gasteiger partial charge in [-0.2, -0.15) is 0 Å². The van der Waals surface area contributed by atoms with Crippen LogP contribution in [0.4, 0.5) is 5.69 Å². The first kappa shape index (κ1) is 15.4. The van der Waals surface area contributed by atoms with Crippen LogP contribution in [0.5, 0.6) is 0 Å². The molecule has 0 bridgehead atoms. The minimum absolute atomic E-state index is 0.00937. The van der Waals surface area contributed by atoms with Crippen molar-refractivity contribution in [3.63, 3.8) is 0 Å². The summed E-state index contributed by atoms with van der Waals surface area (Å²) in [5.74, 6) is 0.00937.